The molecular weight excluding hydrogens is 216 g/mol. The Bertz CT molecular complexity index is 363. The van der Waals surface area contributed by atoms with Crippen LogP contribution in [0.4, 0.5) is 0 Å². The van der Waals surface area contributed by atoms with Crippen LogP contribution in [0.15, 0.2) is 4.52 Å². The Morgan fingerprint density at radius 1 is 1.53 bits per heavy atom. The number of hydrogen-bond acceptors (Lipinski definition) is 5. The molecule has 2 unspecified atom stereocenters. The molecule has 2 atom stereocenters. The molecule has 1 N–H and O–H groups in total. The average molecular weight is 238 g/mol. The molecule has 0 bridgehead atoms. The quantitative estimate of drug-likeness (QED) is 0.857. The van der Waals surface area contributed by atoms with Gasteiger partial charge in [0, 0.05) is 32.1 Å². The van der Waals surface area contributed by atoms with Gasteiger partial charge in [-0.25, -0.2) is 0 Å². The van der Waals surface area contributed by atoms with Gasteiger partial charge in [-0.05, 0) is 12.8 Å². The van der Waals surface area contributed by atoms with Crippen molar-refractivity contribution in [2.45, 2.75) is 46.3 Å². The Balaban J connectivity index is 1.98. The molecule has 1 aliphatic heterocycles. The molecule has 1 aromatic rings. The highest BCUT2D eigenvalue weighted by atomic mass is 16.5. The van der Waals surface area contributed by atoms with Crippen LogP contribution >= 0.6 is 0 Å². The molecule has 96 valence electrons. The normalized spacial score (nSPS) is 26.6. The lowest BCUT2D eigenvalue weighted by atomic mass is 10.00. The Hall–Kier alpha value is -0.940. The minimum Gasteiger partial charge on any atom is -0.340 e. The number of nitrogens with zero attached hydrogens (tertiary/aromatic N) is 3. The molecule has 2 rings (SSSR count). The van der Waals surface area contributed by atoms with E-state index in [1.807, 2.05) is 6.92 Å². The third-order valence-electron chi connectivity index (χ3n) is 3.45. The molecule has 1 aliphatic rings. The SMILES string of the molecule is Cc1nc(CN2CC(C(C)C)NCC2C)no1. The predicted octanol–water partition coefficient (Wildman–Crippen LogP) is 1.20. The minimum atomic E-state index is 0.517. The van der Waals surface area contributed by atoms with E-state index < -0.39 is 0 Å². The number of hydrogen-bond donors (Lipinski definition) is 1. The number of rotatable bonds is 3. The van der Waals surface area contributed by atoms with Crippen LogP contribution in [0.2, 0.25) is 0 Å². The Labute approximate surface area is 103 Å². The molecule has 17 heavy (non-hydrogen) atoms. The van der Waals surface area contributed by atoms with Gasteiger partial charge in [-0.1, -0.05) is 19.0 Å². The third kappa shape index (κ3) is 3.04. The van der Waals surface area contributed by atoms with E-state index >= 15 is 0 Å². The van der Waals surface area contributed by atoms with Crippen LogP contribution in [0.5, 0.6) is 0 Å². The van der Waals surface area contributed by atoms with Crippen LogP contribution in [0, 0.1) is 12.8 Å². The Morgan fingerprint density at radius 2 is 2.29 bits per heavy atom. The lowest BCUT2D eigenvalue weighted by Gasteiger charge is -2.39. The van der Waals surface area contributed by atoms with Crippen LogP contribution < -0.4 is 5.32 Å². The molecule has 2 heterocycles. The average Bonchev–Trinajstić information content (AvgIpc) is 2.67. The highest BCUT2D eigenvalue weighted by Crippen LogP contribution is 2.14. The fraction of sp³-hybridized carbons (Fsp3) is 0.833. The largest absolute Gasteiger partial charge is 0.340 e. The molecule has 1 aromatic heterocycles. The van der Waals surface area contributed by atoms with Crippen LogP contribution in [-0.4, -0.2) is 40.2 Å². The summed E-state index contributed by atoms with van der Waals surface area (Å²) < 4.78 is 5.01. The summed E-state index contributed by atoms with van der Waals surface area (Å²) in [5, 5.41) is 7.55. The van der Waals surface area contributed by atoms with Crippen LogP contribution in [0.25, 0.3) is 0 Å². The maximum atomic E-state index is 5.01. The Morgan fingerprint density at radius 3 is 2.88 bits per heavy atom. The van der Waals surface area contributed by atoms with E-state index in [1.165, 1.54) is 0 Å². The lowest BCUT2D eigenvalue weighted by Crippen LogP contribution is -2.56. The summed E-state index contributed by atoms with van der Waals surface area (Å²) in [5.41, 5.74) is 0. The van der Waals surface area contributed by atoms with Gasteiger partial charge < -0.3 is 9.84 Å². The fourth-order valence-corrected chi connectivity index (χ4v) is 2.20. The standard InChI is InChI=1S/C12H22N4O/c1-8(2)11-6-16(9(3)5-13-11)7-12-14-10(4)17-15-12/h8-9,11,13H,5-7H2,1-4H3. The highest BCUT2D eigenvalue weighted by molar-refractivity contribution is 4.90. The number of nitrogens with one attached hydrogen (secondary N) is 1. The first-order chi connectivity index (χ1) is 8.06. The maximum Gasteiger partial charge on any atom is 0.223 e. The molecule has 0 aromatic carbocycles. The van der Waals surface area contributed by atoms with Gasteiger partial charge in [0.15, 0.2) is 5.82 Å². The molecule has 0 radical (unpaired) electrons. The van der Waals surface area contributed by atoms with Gasteiger partial charge in [-0.15, -0.1) is 0 Å². The summed E-state index contributed by atoms with van der Waals surface area (Å²) in [6, 6.07) is 1.07. The zero-order valence-corrected chi connectivity index (χ0v) is 11.1. The first-order valence-electron chi connectivity index (χ1n) is 6.33. The van der Waals surface area contributed by atoms with Crippen molar-refractivity contribution in [1.29, 1.82) is 0 Å². The molecule has 1 saturated heterocycles. The molecule has 0 spiro atoms. The van der Waals surface area contributed by atoms with E-state index in [0.29, 0.717) is 23.9 Å². The first-order valence-corrected chi connectivity index (χ1v) is 6.33. The van der Waals surface area contributed by atoms with Gasteiger partial charge in [0.1, 0.15) is 0 Å². The molecule has 5 nitrogen and oxygen atoms in total. The van der Waals surface area contributed by atoms with Crippen molar-refractivity contribution < 1.29 is 4.52 Å². The van der Waals surface area contributed by atoms with Crippen molar-refractivity contribution in [1.82, 2.24) is 20.4 Å². The topological polar surface area (TPSA) is 54.2 Å². The molecule has 0 amide bonds. The van der Waals surface area contributed by atoms with Crippen molar-refractivity contribution in [2.75, 3.05) is 13.1 Å². The monoisotopic (exact) mass is 238 g/mol. The Kier molecular flexibility index (Phi) is 3.79. The van der Waals surface area contributed by atoms with E-state index in [1.54, 1.807) is 0 Å². The van der Waals surface area contributed by atoms with Gasteiger partial charge in [-0.3, -0.25) is 4.90 Å². The van der Waals surface area contributed by atoms with Crippen LogP contribution in [-0.2, 0) is 6.54 Å². The summed E-state index contributed by atoms with van der Waals surface area (Å²) >= 11 is 0. The van der Waals surface area contributed by atoms with E-state index in [-0.39, 0.29) is 0 Å². The van der Waals surface area contributed by atoms with Crippen molar-refractivity contribution in [3.8, 4) is 0 Å². The molecular formula is C12H22N4O. The summed E-state index contributed by atoms with van der Waals surface area (Å²) in [6.45, 7) is 11.4. The molecule has 0 aliphatic carbocycles. The summed E-state index contributed by atoms with van der Waals surface area (Å²) in [4.78, 5) is 6.69. The highest BCUT2D eigenvalue weighted by Gasteiger charge is 2.27. The van der Waals surface area contributed by atoms with Crippen molar-refractivity contribution >= 4 is 0 Å². The van der Waals surface area contributed by atoms with E-state index in [4.69, 9.17) is 4.52 Å². The number of aryl methyl sites for hydroxylation is 1. The third-order valence-corrected chi connectivity index (χ3v) is 3.45. The second kappa shape index (κ2) is 5.14. The van der Waals surface area contributed by atoms with Gasteiger partial charge in [0.2, 0.25) is 5.89 Å². The zero-order valence-electron chi connectivity index (χ0n) is 11.1. The zero-order chi connectivity index (χ0) is 12.4. The second-order valence-electron chi connectivity index (χ2n) is 5.27. The summed E-state index contributed by atoms with van der Waals surface area (Å²) in [6.07, 6.45) is 0. The second-order valence-corrected chi connectivity index (χ2v) is 5.27. The van der Waals surface area contributed by atoms with Gasteiger partial charge in [0.25, 0.3) is 0 Å². The van der Waals surface area contributed by atoms with Gasteiger partial charge in [-0.2, -0.15) is 4.98 Å². The minimum absolute atomic E-state index is 0.517. The van der Waals surface area contributed by atoms with Gasteiger partial charge >= 0.3 is 0 Å². The van der Waals surface area contributed by atoms with E-state index in [9.17, 15) is 0 Å². The molecule has 0 saturated carbocycles. The van der Waals surface area contributed by atoms with E-state index in [2.05, 4.69) is 41.1 Å². The van der Waals surface area contributed by atoms with Crippen molar-refractivity contribution in [2.24, 2.45) is 5.92 Å². The van der Waals surface area contributed by atoms with Crippen molar-refractivity contribution in [3.05, 3.63) is 11.7 Å². The lowest BCUT2D eigenvalue weighted by molar-refractivity contribution is 0.112. The summed E-state index contributed by atoms with van der Waals surface area (Å²) in [5.74, 6) is 2.08. The molecule has 5 heteroatoms. The predicted molar refractivity (Wildman–Crippen MR) is 65.5 cm³/mol. The smallest absolute Gasteiger partial charge is 0.223 e. The fourth-order valence-electron chi connectivity index (χ4n) is 2.20. The van der Waals surface area contributed by atoms with Crippen LogP contribution in [0.3, 0.4) is 0 Å². The maximum absolute atomic E-state index is 5.01. The van der Waals surface area contributed by atoms with Crippen LogP contribution in [0.1, 0.15) is 32.5 Å². The first kappa shape index (κ1) is 12.5. The van der Waals surface area contributed by atoms with E-state index in [0.717, 1.165) is 25.5 Å². The number of piperazine rings is 1. The van der Waals surface area contributed by atoms with Crippen molar-refractivity contribution in [3.63, 3.8) is 0 Å². The number of aromatic nitrogens is 2. The van der Waals surface area contributed by atoms with Gasteiger partial charge in [0.05, 0.1) is 6.54 Å². The summed E-state index contributed by atoms with van der Waals surface area (Å²) in [7, 11) is 0. The molecule has 1 fully saturated rings.